The molecule has 3 N–H and O–H groups in total. The van der Waals surface area contributed by atoms with Gasteiger partial charge in [-0.25, -0.2) is 4.39 Å². The van der Waals surface area contributed by atoms with Gasteiger partial charge in [0, 0.05) is 31.6 Å². The van der Waals surface area contributed by atoms with E-state index in [-0.39, 0.29) is 23.8 Å². The lowest BCUT2D eigenvalue weighted by molar-refractivity contribution is -0.119. The second-order valence-corrected chi connectivity index (χ2v) is 10.3. The SMILES string of the molecule is CCn1nccc1C(=O)NC(C(=O)Nc1cn([C@@H](COC)c2cc(F)c[nH]c2=O)nc1F)C1CCC(=C(C)C)CC1. The number of H-pyrrole nitrogens is 1. The molecule has 0 aliphatic heterocycles. The van der Waals surface area contributed by atoms with Gasteiger partial charge < -0.3 is 20.4 Å². The highest BCUT2D eigenvalue weighted by atomic mass is 19.1. The van der Waals surface area contributed by atoms with Crippen molar-refractivity contribution in [3.05, 3.63) is 75.2 Å². The van der Waals surface area contributed by atoms with Crippen molar-refractivity contribution in [1.29, 1.82) is 0 Å². The Labute approximate surface area is 236 Å². The van der Waals surface area contributed by atoms with Crippen LogP contribution in [0.2, 0.25) is 0 Å². The third-order valence-corrected chi connectivity index (χ3v) is 7.47. The van der Waals surface area contributed by atoms with Gasteiger partial charge in [-0.3, -0.25) is 23.7 Å². The second-order valence-electron chi connectivity index (χ2n) is 10.3. The molecule has 13 heteroatoms. The Kier molecular flexibility index (Phi) is 9.48. The van der Waals surface area contributed by atoms with E-state index in [0.717, 1.165) is 29.8 Å². The first-order valence-corrected chi connectivity index (χ1v) is 13.5. The zero-order valence-electron chi connectivity index (χ0n) is 23.5. The van der Waals surface area contributed by atoms with Crippen LogP contribution in [0.3, 0.4) is 0 Å². The number of aryl methyl sites for hydroxylation is 1. The number of hydrogen-bond donors (Lipinski definition) is 3. The third kappa shape index (κ3) is 6.79. The first-order valence-electron chi connectivity index (χ1n) is 13.5. The van der Waals surface area contributed by atoms with E-state index >= 15 is 4.39 Å². The van der Waals surface area contributed by atoms with Crippen LogP contribution < -0.4 is 16.2 Å². The minimum Gasteiger partial charge on any atom is -0.382 e. The number of amides is 2. The lowest BCUT2D eigenvalue weighted by Gasteiger charge is -2.31. The molecule has 3 heterocycles. The van der Waals surface area contributed by atoms with Gasteiger partial charge in [0.25, 0.3) is 17.4 Å². The molecular formula is C28H35F2N7O4. The van der Waals surface area contributed by atoms with Gasteiger partial charge >= 0.3 is 0 Å². The summed E-state index contributed by atoms with van der Waals surface area (Å²) >= 11 is 0. The van der Waals surface area contributed by atoms with Crippen molar-refractivity contribution in [3.63, 3.8) is 0 Å². The van der Waals surface area contributed by atoms with Gasteiger partial charge in [0.05, 0.1) is 12.8 Å². The number of aromatic nitrogens is 5. The molecule has 0 saturated heterocycles. The third-order valence-electron chi connectivity index (χ3n) is 7.47. The molecule has 2 atom stereocenters. The lowest BCUT2D eigenvalue weighted by Crippen LogP contribution is -2.49. The zero-order chi connectivity index (χ0) is 29.7. The summed E-state index contributed by atoms with van der Waals surface area (Å²) in [7, 11) is 1.38. The van der Waals surface area contributed by atoms with E-state index in [2.05, 4.69) is 39.7 Å². The molecule has 3 aromatic heterocycles. The summed E-state index contributed by atoms with van der Waals surface area (Å²) in [6.45, 7) is 6.33. The molecule has 0 aromatic carbocycles. The molecule has 4 rings (SSSR count). The van der Waals surface area contributed by atoms with Crippen LogP contribution in [-0.4, -0.2) is 56.1 Å². The molecule has 220 valence electrons. The maximum absolute atomic E-state index is 15.0. The Hall–Kier alpha value is -4.13. The van der Waals surface area contributed by atoms with Crippen LogP contribution in [0.25, 0.3) is 0 Å². The molecule has 3 aromatic rings. The van der Waals surface area contributed by atoms with Crippen LogP contribution >= 0.6 is 0 Å². The Morgan fingerprint density at radius 1 is 1.24 bits per heavy atom. The molecule has 0 bridgehead atoms. The van der Waals surface area contributed by atoms with Crippen molar-refractivity contribution < 1.29 is 23.1 Å². The van der Waals surface area contributed by atoms with E-state index in [1.54, 1.807) is 6.07 Å². The predicted molar refractivity (Wildman–Crippen MR) is 147 cm³/mol. The number of aromatic amines is 1. The van der Waals surface area contributed by atoms with Gasteiger partial charge in [-0.05, 0) is 64.5 Å². The predicted octanol–water partition coefficient (Wildman–Crippen LogP) is 3.57. The Morgan fingerprint density at radius 3 is 2.63 bits per heavy atom. The molecule has 1 unspecified atom stereocenters. The van der Waals surface area contributed by atoms with E-state index < -0.39 is 41.2 Å². The van der Waals surface area contributed by atoms with Crippen molar-refractivity contribution in [2.24, 2.45) is 5.92 Å². The maximum Gasteiger partial charge on any atom is 0.270 e. The average Bonchev–Trinajstić information content (AvgIpc) is 3.58. The van der Waals surface area contributed by atoms with Crippen LogP contribution in [0.5, 0.6) is 0 Å². The summed E-state index contributed by atoms with van der Waals surface area (Å²) in [6, 6.07) is 0.677. The highest BCUT2D eigenvalue weighted by Gasteiger charge is 2.34. The average molecular weight is 572 g/mol. The van der Waals surface area contributed by atoms with Crippen LogP contribution in [0.4, 0.5) is 14.5 Å². The van der Waals surface area contributed by atoms with E-state index in [1.165, 1.54) is 35.3 Å². The first kappa shape index (κ1) is 29.8. The van der Waals surface area contributed by atoms with Crippen molar-refractivity contribution in [2.45, 2.75) is 65.1 Å². The fourth-order valence-corrected chi connectivity index (χ4v) is 5.22. The second kappa shape index (κ2) is 13.0. The standard InChI is InChI=1S/C28H35F2N7O4/c1-5-36-22(10-11-32-36)27(39)34-24(18-8-6-17(7-9-18)16(2)3)28(40)33-21-14-37(35-25(21)30)23(15-41-4)20-12-19(29)13-31-26(20)38/h10-14,18,23-24H,5-9,15H2,1-4H3,(H,31,38)(H,33,40)(H,34,39)/t23-,24?/m0/s1. The molecule has 2 amide bonds. The summed E-state index contributed by atoms with van der Waals surface area (Å²) in [5.41, 5.74) is 2.03. The van der Waals surface area contributed by atoms with Crippen molar-refractivity contribution in [2.75, 3.05) is 19.0 Å². The number of hydrogen-bond acceptors (Lipinski definition) is 6. The Morgan fingerprint density at radius 2 is 1.98 bits per heavy atom. The normalized spacial score (nSPS) is 16.7. The van der Waals surface area contributed by atoms with Crippen LogP contribution in [0.1, 0.15) is 68.5 Å². The number of rotatable bonds is 10. The summed E-state index contributed by atoms with van der Waals surface area (Å²) in [4.78, 5) is 41.5. The van der Waals surface area contributed by atoms with Crippen molar-refractivity contribution in [3.8, 4) is 0 Å². The molecular weight excluding hydrogens is 536 g/mol. The topological polar surface area (TPSA) is 136 Å². The quantitative estimate of drug-likeness (QED) is 0.319. The molecule has 41 heavy (non-hydrogen) atoms. The van der Waals surface area contributed by atoms with Gasteiger partial charge in [0.15, 0.2) is 0 Å². The molecule has 1 aliphatic rings. The summed E-state index contributed by atoms with van der Waals surface area (Å²) < 4.78 is 36.7. The first-order chi connectivity index (χ1) is 19.6. The number of allylic oxidation sites excluding steroid dienone is 2. The largest absolute Gasteiger partial charge is 0.382 e. The number of nitrogens with one attached hydrogen (secondary N) is 3. The molecule has 0 spiro atoms. The summed E-state index contributed by atoms with van der Waals surface area (Å²) in [6.07, 6.45) is 6.59. The van der Waals surface area contributed by atoms with Crippen molar-refractivity contribution in [1.82, 2.24) is 29.9 Å². The van der Waals surface area contributed by atoms with Gasteiger partial charge in [0.2, 0.25) is 5.91 Å². The smallest absolute Gasteiger partial charge is 0.270 e. The summed E-state index contributed by atoms with van der Waals surface area (Å²) in [5.74, 6) is -2.94. The molecule has 1 aliphatic carbocycles. The summed E-state index contributed by atoms with van der Waals surface area (Å²) in [5, 5.41) is 13.4. The van der Waals surface area contributed by atoms with Crippen molar-refractivity contribution >= 4 is 17.5 Å². The van der Waals surface area contributed by atoms with E-state index in [0.29, 0.717) is 25.1 Å². The highest BCUT2D eigenvalue weighted by Crippen LogP contribution is 2.33. The number of ether oxygens (including phenoxy) is 1. The van der Waals surface area contributed by atoms with Gasteiger partial charge in [-0.15, -0.1) is 5.10 Å². The number of carbonyl (C=O) groups is 2. The minimum atomic E-state index is -1.00. The van der Waals surface area contributed by atoms with Gasteiger partial charge in [0.1, 0.15) is 29.3 Å². The molecule has 11 nitrogen and oxygen atoms in total. The minimum absolute atomic E-state index is 0.0258. The molecule has 1 saturated carbocycles. The number of carbonyl (C=O) groups excluding carboxylic acids is 2. The maximum atomic E-state index is 15.0. The molecule has 1 fully saturated rings. The van der Waals surface area contributed by atoms with Crippen LogP contribution in [-0.2, 0) is 16.1 Å². The van der Waals surface area contributed by atoms with Gasteiger partial charge in [-0.2, -0.15) is 9.49 Å². The monoisotopic (exact) mass is 571 g/mol. The lowest BCUT2D eigenvalue weighted by atomic mass is 9.79. The number of pyridine rings is 1. The molecule has 0 radical (unpaired) electrons. The van der Waals surface area contributed by atoms with E-state index in [1.807, 2.05) is 6.92 Å². The highest BCUT2D eigenvalue weighted by molar-refractivity contribution is 6.00. The Balaban J connectivity index is 1.60. The van der Waals surface area contributed by atoms with Crippen LogP contribution in [0, 0.1) is 17.7 Å². The number of halogens is 2. The number of nitrogens with zero attached hydrogens (tertiary/aromatic N) is 4. The van der Waals surface area contributed by atoms with E-state index in [4.69, 9.17) is 4.74 Å². The Bertz CT molecular complexity index is 1480. The number of anilines is 1. The van der Waals surface area contributed by atoms with Crippen LogP contribution in [0.15, 0.2) is 46.7 Å². The fraction of sp³-hybridized carbons (Fsp3) is 0.464. The fourth-order valence-electron chi connectivity index (χ4n) is 5.22. The van der Waals surface area contributed by atoms with Gasteiger partial charge in [-0.1, -0.05) is 11.1 Å². The number of methoxy groups -OCH3 is 1. The zero-order valence-corrected chi connectivity index (χ0v) is 23.5. The van der Waals surface area contributed by atoms with E-state index in [9.17, 15) is 18.8 Å².